The van der Waals surface area contributed by atoms with Gasteiger partial charge in [0.2, 0.25) is 0 Å². The number of nitrogen functional groups attached to an aromatic ring is 1. The van der Waals surface area contributed by atoms with Gasteiger partial charge in [0.15, 0.2) is 0 Å². The second-order valence-electron chi connectivity index (χ2n) is 5.15. The van der Waals surface area contributed by atoms with Gasteiger partial charge in [-0.3, -0.25) is 0 Å². The number of piperidine rings is 1. The van der Waals surface area contributed by atoms with Crippen LogP contribution >= 0.6 is 0 Å². The Morgan fingerprint density at radius 3 is 2.53 bits per heavy atom. The predicted molar refractivity (Wildman–Crippen MR) is 69.7 cm³/mol. The number of hydrogen-bond acceptors (Lipinski definition) is 5. The first-order valence-corrected chi connectivity index (χ1v) is 6.15. The van der Waals surface area contributed by atoms with Gasteiger partial charge < -0.3 is 10.3 Å². The molecule has 1 saturated heterocycles. The van der Waals surface area contributed by atoms with Crippen molar-refractivity contribution in [3.05, 3.63) is 11.9 Å². The minimum atomic E-state index is 0.679. The van der Waals surface area contributed by atoms with Gasteiger partial charge in [-0.05, 0) is 25.2 Å². The maximum Gasteiger partial charge on any atom is 0.145 e. The predicted octanol–water partition coefficient (Wildman–Crippen LogP) is 1.55. The van der Waals surface area contributed by atoms with Gasteiger partial charge in [-0.2, -0.15) is 0 Å². The van der Waals surface area contributed by atoms with E-state index in [4.69, 9.17) is 5.84 Å². The topological polar surface area (TPSA) is 67.1 Å². The smallest absolute Gasteiger partial charge is 0.145 e. The number of nitrogens with zero attached hydrogens (tertiary/aromatic N) is 3. The summed E-state index contributed by atoms with van der Waals surface area (Å²) in [6.07, 6.45) is 1.29. The highest BCUT2D eigenvalue weighted by Crippen LogP contribution is 2.25. The summed E-state index contributed by atoms with van der Waals surface area (Å²) in [6.45, 7) is 8.59. The van der Waals surface area contributed by atoms with Crippen molar-refractivity contribution in [2.75, 3.05) is 23.4 Å². The molecular weight excluding hydrogens is 214 g/mol. The van der Waals surface area contributed by atoms with Gasteiger partial charge >= 0.3 is 0 Å². The lowest BCUT2D eigenvalue weighted by Gasteiger charge is -2.35. The lowest BCUT2D eigenvalue weighted by molar-refractivity contribution is 0.355. The molecule has 2 unspecified atom stereocenters. The molecule has 17 heavy (non-hydrogen) atoms. The lowest BCUT2D eigenvalue weighted by atomic mass is 9.92. The molecule has 5 nitrogen and oxygen atoms in total. The van der Waals surface area contributed by atoms with Crippen molar-refractivity contribution in [2.45, 2.75) is 27.2 Å². The molecule has 0 aromatic carbocycles. The fourth-order valence-electron chi connectivity index (χ4n) is 2.64. The van der Waals surface area contributed by atoms with Crippen LogP contribution in [0.5, 0.6) is 0 Å². The number of anilines is 2. The van der Waals surface area contributed by atoms with E-state index in [1.54, 1.807) is 0 Å². The highest BCUT2D eigenvalue weighted by molar-refractivity contribution is 5.49. The van der Waals surface area contributed by atoms with Gasteiger partial charge in [0.25, 0.3) is 0 Å². The van der Waals surface area contributed by atoms with E-state index in [-0.39, 0.29) is 0 Å². The number of aryl methyl sites for hydroxylation is 1. The summed E-state index contributed by atoms with van der Waals surface area (Å²) in [5.41, 5.74) is 2.59. The molecule has 1 aliphatic rings. The van der Waals surface area contributed by atoms with Gasteiger partial charge in [0.05, 0.1) is 0 Å². The third kappa shape index (κ3) is 2.85. The molecule has 1 aromatic heterocycles. The molecule has 0 amide bonds. The minimum Gasteiger partial charge on any atom is -0.356 e. The van der Waals surface area contributed by atoms with Crippen LogP contribution in [0.1, 0.15) is 26.1 Å². The van der Waals surface area contributed by atoms with Crippen molar-refractivity contribution in [3.63, 3.8) is 0 Å². The quantitative estimate of drug-likeness (QED) is 0.601. The summed E-state index contributed by atoms with van der Waals surface area (Å²) >= 11 is 0. The Kier molecular flexibility index (Phi) is 3.47. The molecular formula is C12H21N5. The summed E-state index contributed by atoms with van der Waals surface area (Å²) in [4.78, 5) is 11.0. The zero-order valence-corrected chi connectivity index (χ0v) is 10.8. The number of hydrogen-bond donors (Lipinski definition) is 2. The SMILES string of the molecule is Cc1nc(NN)cc(N2CC(C)CC(C)C2)n1. The van der Waals surface area contributed by atoms with Crippen LogP contribution < -0.4 is 16.2 Å². The van der Waals surface area contributed by atoms with Crippen LogP contribution in [0.25, 0.3) is 0 Å². The van der Waals surface area contributed by atoms with Gasteiger partial charge in [-0.1, -0.05) is 13.8 Å². The van der Waals surface area contributed by atoms with Crippen molar-refractivity contribution in [1.29, 1.82) is 0 Å². The minimum absolute atomic E-state index is 0.679. The average Bonchev–Trinajstić information content (AvgIpc) is 2.26. The zero-order chi connectivity index (χ0) is 12.4. The monoisotopic (exact) mass is 235 g/mol. The van der Waals surface area contributed by atoms with Crippen molar-refractivity contribution in [3.8, 4) is 0 Å². The van der Waals surface area contributed by atoms with Gasteiger partial charge in [-0.25, -0.2) is 15.8 Å². The Hall–Kier alpha value is -1.36. The van der Waals surface area contributed by atoms with E-state index in [2.05, 4.69) is 34.1 Å². The van der Waals surface area contributed by atoms with Crippen LogP contribution in [-0.2, 0) is 0 Å². The van der Waals surface area contributed by atoms with Crippen molar-refractivity contribution >= 4 is 11.6 Å². The Morgan fingerprint density at radius 2 is 1.94 bits per heavy atom. The summed E-state index contributed by atoms with van der Waals surface area (Å²) < 4.78 is 0. The van der Waals surface area contributed by atoms with Crippen molar-refractivity contribution < 1.29 is 0 Å². The fourth-order valence-corrected chi connectivity index (χ4v) is 2.64. The molecule has 1 aromatic rings. The second kappa shape index (κ2) is 4.87. The molecule has 0 aliphatic carbocycles. The van der Waals surface area contributed by atoms with E-state index in [9.17, 15) is 0 Å². The first kappa shape index (κ1) is 12.1. The van der Waals surface area contributed by atoms with Gasteiger partial charge in [-0.15, -0.1) is 0 Å². The standard InChI is InChI=1S/C12H21N5/c1-8-4-9(2)7-17(6-8)12-5-11(16-13)14-10(3)15-12/h5,8-9H,4,6-7,13H2,1-3H3,(H,14,15,16). The Morgan fingerprint density at radius 1 is 1.29 bits per heavy atom. The molecule has 1 aliphatic heterocycles. The van der Waals surface area contributed by atoms with E-state index in [0.717, 1.165) is 24.7 Å². The molecule has 94 valence electrons. The van der Waals surface area contributed by atoms with Gasteiger partial charge in [0, 0.05) is 19.2 Å². The normalized spacial score (nSPS) is 24.8. The van der Waals surface area contributed by atoms with E-state index in [1.807, 2.05) is 13.0 Å². The summed E-state index contributed by atoms with van der Waals surface area (Å²) in [6, 6.07) is 1.91. The van der Waals surface area contributed by atoms with E-state index in [1.165, 1.54) is 6.42 Å². The molecule has 0 saturated carbocycles. The van der Waals surface area contributed by atoms with Crippen LogP contribution in [-0.4, -0.2) is 23.1 Å². The average molecular weight is 235 g/mol. The lowest BCUT2D eigenvalue weighted by Crippen LogP contribution is -2.39. The summed E-state index contributed by atoms with van der Waals surface area (Å²) in [7, 11) is 0. The highest BCUT2D eigenvalue weighted by atomic mass is 15.3. The second-order valence-corrected chi connectivity index (χ2v) is 5.15. The first-order valence-electron chi connectivity index (χ1n) is 6.15. The maximum atomic E-state index is 5.41. The first-order chi connectivity index (χ1) is 8.08. The van der Waals surface area contributed by atoms with Crippen LogP contribution in [0.3, 0.4) is 0 Å². The Labute approximate surface area is 102 Å². The zero-order valence-electron chi connectivity index (χ0n) is 10.8. The van der Waals surface area contributed by atoms with E-state index in [0.29, 0.717) is 17.7 Å². The van der Waals surface area contributed by atoms with Gasteiger partial charge in [0.1, 0.15) is 17.5 Å². The molecule has 0 spiro atoms. The Balaban J connectivity index is 2.23. The fraction of sp³-hybridized carbons (Fsp3) is 0.667. The van der Waals surface area contributed by atoms with Crippen LogP contribution in [0.15, 0.2) is 6.07 Å². The molecule has 1 fully saturated rings. The van der Waals surface area contributed by atoms with Crippen molar-refractivity contribution in [2.24, 2.45) is 17.7 Å². The third-order valence-electron chi connectivity index (χ3n) is 3.17. The van der Waals surface area contributed by atoms with E-state index < -0.39 is 0 Å². The number of nitrogens with one attached hydrogen (secondary N) is 1. The number of aromatic nitrogens is 2. The summed E-state index contributed by atoms with van der Waals surface area (Å²) in [5, 5.41) is 0. The number of hydrazine groups is 1. The highest BCUT2D eigenvalue weighted by Gasteiger charge is 2.23. The Bertz CT molecular complexity index is 382. The molecule has 2 heterocycles. The number of nitrogens with two attached hydrogens (primary N) is 1. The molecule has 0 bridgehead atoms. The molecule has 2 rings (SSSR count). The van der Waals surface area contributed by atoms with Crippen molar-refractivity contribution in [1.82, 2.24) is 9.97 Å². The molecule has 2 atom stereocenters. The number of rotatable bonds is 2. The molecule has 0 radical (unpaired) electrons. The van der Waals surface area contributed by atoms with Crippen LogP contribution in [0, 0.1) is 18.8 Å². The summed E-state index contributed by atoms with van der Waals surface area (Å²) in [5.74, 6) is 9.24. The van der Waals surface area contributed by atoms with E-state index >= 15 is 0 Å². The largest absolute Gasteiger partial charge is 0.356 e. The van der Waals surface area contributed by atoms with Crippen LogP contribution in [0.4, 0.5) is 11.6 Å². The molecule has 3 N–H and O–H groups in total. The van der Waals surface area contributed by atoms with Crippen LogP contribution in [0.2, 0.25) is 0 Å². The third-order valence-corrected chi connectivity index (χ3v) is 3.17. The maximum absolute atomic E-state index is 5.41. The molecule has 5 heteroatoms.